The number of carbonyl (C=O) groups excluding carboxylic acids is 1. The summed E-state index contributed by atoms with van der Waals surface area (Å²) < 4.78 is 53.4. The molecule has 10 heteroatoms. The molecule has 0 N–H and O–H groups in total. The van der Waals surface area contributed by atoms with Gasteiger partial charge >= 0.3 is 0 Å². The van der Waals surface area contributed by atoms with Crippen LogP contribution in [0.4, 0.5) is 14.5 Å². The Labute approximate surface area is 191 Å². The molecule has 0 atom stereocenters. The van der Waals surface area contributed by atoms with E-state index in [1.165, 1.54) is 4.31 Å². The molecule has 2 heterocycles. The maximum Gasteiger partial charge on any atom is 0.243 e. The molecule has 172 valence electrons. The van der Waals surface area contributed by atoms with Gasteiger partial charge < -0.3 is 9.80 Å². The number of benzene rings is 2. The van der Waals surface area contributed by atoms with Crippen molar-refractivity contribution in [3.05, 3.63) is 59.1 Å². The normalized spacial score (nSPS) is 18.7. The first-order valence-electron chi connectivity index (χ1n) is 10.5. The van der Waals surface area contributed by atoms with Gasteiger partial charge in [-0.25, -0.2) is 17.2 Å². The molecular weight excluding hydrogens is 460 g/mol. The van der Waals surface area contributed by atoms with Crippen molar-refractivity contribution in [1.82, 2.24) is 9.21 Å². The fraction of sp³-hybridized carbons (Fsp3) is 0.409. The number of anilines is 1. The van der Waals surface area contributed by atoms with Crippen LogP contribution in [0.2, 0.25) is 5.02 Å². The molecule has 0 spiro atoms. The number of amides is 1. The topological polar surface area (TPSA) is 60.9 Å². The number of hydrogen-bond donors (Lipinski definition) is 0. The Balaban J connectivity index is 1.32. The molecule has 2 saturated heterocycles. The quantitative estimate of drug-likeness (QED) is 0.669. The summed E-state index contributed by atoms with van der Waals surface area (Å²) in [5.74, 6) is -2.49. The predicted molar refractivity (Wildman–Crippen MR) is 118 cm³/mol. The summed E-state index contributed by atoms with van der Waals surface area (Å²) in [5.41, 5.74) is 1.07. The van der Waals surface area contributed by atoms with Gasteiger partial charge in [-0.1, -0.05) is 11.6 Å². The number of nitrogens with zero attached hydrogens (tertiary/aromatic N) is 3. The first-order chi connectivity index (χ1) is 15.3. The van der Waals surface area contributed by atoms with Crippen molar-refractivity contribution in [3.63, 3.8) is 0 Å². The highest BCUT2D eigenvalue weighted by Crippen LogP contribution is 2.27. The molecule has 6 nitrogen and oxygen atoms in total. The van der Waals surface area contributed by atoms with E-state index < -0.39 is 21.7 Å². The fourth-order valence-corrected chi connectivity index (χ4v) is 5.83. The maximum absolute atomic E-state index is 13.5. The third-order valence-electron chi connectivity index (χ3n) is 6.12. The van der Waals surface area contributed by atoms with Gasteiger partial charge in [-0.2, -0.15) is 4.31 Å². The lowest BCUT2D eigenvalue weighted by Crippen LogP contribution is -2.52. The van der Waals surface area contributed by atoms with Crippen LogP contribution in [0.3, 0.4) is 0 Å². The van der Waals surface area contributed by atoms with E-state index in [9.17, 15) is 22.0 Å². The van der Waals surface area contributed by atoms with Gasteiger partial charge in [0.25, 0.3) is 0 Å². The van der Waals surface area contributed by atoms with Crippen LogP contribution in [0.5, 0.6) is 0 Å². The highest BCUT2D eigenvalue weighted by Gasteiger charge is 2.35. The number of halogens is 3. The SMILES string of the molecule is O=C(C1CCN(S(=O)(=O)c2ccc(F)c(F)c2)CC1)N1CCN(c2ccc(Cl)cc2)CC1. The molecule has 2 fully saturated rings. The minimum absolute atomic E-state index is 0.0469. The van der Waals surface area contributed by atoms with Crippen LogP contribution >= 0.6 is 11.6 Å². The first-order valence-corrected chi connectivity index (χ1v) is 12.3. The van der Waals surface area contributed by atoms with Gasteiger partial charge in [0.15, 0.2) is 11.6 Å². The summed E-state index contributed by atoms with van der Waals surface area (Å²) in [6.07, 6.45) is 0.804. The van der Waals surface area contributed by atoms with Crippen LogP contribution in [0.1, 0.15) is 12.8 Å². The van der Waals surface area contributed by atoms with Crippen LogP contribution in [0.15, 0.2) is 47.4 Å². The lowest BCUT2D eigenvalue weighted by atomic mass is 9.96. The highest BCUT2D eigenvalue weighted by atomic mass is 35.5. The highest BCUT2D eigenvalue weighted by molar-refractivity contribution is 7.89. The van der Waals surface area contributed by atoms with Crippen LogP contribution in [-0.2, 0) is 14.8 Å². The zero-order valence-corrected chi connectivity index (χ0v) is 19.0. The summed E-state index contributed by atoms with van der Waals surface area (Å²) in [6.45, 7) is 2.99. The number of carbonyl (C=O) groups is 1. The minimum Gasteiger partial charge on any atom is -0.368 e. The van der Waals surface area contributed by atoms with Gasteiger partial charge in [0.05, 0.1) is 4.90 Å². The Morgan fingerprint density at radius 2 is 1.50 bits per heavy atom. The molecule has 2 aromatic carbocycles. The van der Waals surface area contributed by atoms with Crippen molar-refractivity contribution in [2.24, 2.45) is 5.92 Å². The van der Waals surface area contributed by atoms with Crippen molar-refractivity contribution in [2.45, 2.75) is 17.7 Å². The third-order valence-corrected chi connectivity index (χ3v) is 8.26. The number of piperidine rings is 1. The van der Waals surface area contributed by atoms with Crippen LogP contribution in [0.25, 0.3) is 0 Å². The van der Waals surface area contributed by atoms with Crippen molar-refractivity contribution in [1.29, 1.82) is 0 Å². The number of piperazine rings is 1. The minimum atomic E-state index is -3.93. The van der Waals surface area contributed by atoms with Gasteiger partial charge in [-0.05, 0) is 55.3 Å². The van der Waals surface area contributed by atoms with Gasteiger partial charge in [0.2, 0.25) is 15.9 Å². The smallest absolute Gasteiger partial charge is 0.243 e. The molecular formula is C22H24ClF2N3O3S. The van der Waals surface area contributed by atoms with E-state index in [-0.39, 0.29) is 29.8 Å². The largest absolute Gasteiger partial charge is 0.368 e. The summed E-state index contributed by atoms with van der Waals surface area (Å²) >= 11 is 5.94. The molecule has 2 aliphatic heterocycles. The second kappa shape index (κ2) is 9.33. The molecule has 0 radical (unpaired) electrons. The zero-order chi connectivity index (χ0) is 22.9. The average molecular weight is 484 g/mol. The van der Waals surface area contributed by atoms with Crippen molar-refractivity contribution in [3.8, 4) is 0 Å². The molecule has 0 aliphatic carbocycles. The van der Waals surface area contributed by atoms with E-state index in [1.54, 1.807) is 0 Å². The van der Waals surface area contributed by atoms with Crippen molar-refractivity contribution >= 4 is 33.2 Å². The lowest BCUT2D eigenvalue weighted by Gasteiger charge is -2.39. The zero-order valence-electron chi connectivity index (χ0n) is 17.4. The second-order valence-corrected chi connectivity index (χ2v) is 10.4. The van der Waals surface area contributed by atoms with Crippen LogP contribution < -0.4 is 4.90 Å². The number of rotatable bonds is 4. The van der Waals surface area contributed by atoms with Gasteiger partial charge in [0.1, 0.15) is 0 Å². The monoisotopic (exact) mass is 483 g/mol. The fourth-order valence-electron chi connectivity index (χ4n) is 4.22. The predicted octanol–water partition coefficient (Wildman–Crippen LogP) is 3.37. The summed E-state index contributed by atoms with van der Waals surface area (Å²) in [6, 6.07) is 10.2. The van der Waals surface area contributed by atoms with Gasteiger partial charge in [-0.3, -0.25) is 4.79 Å². The standard InChI is InChI=1S/C22H24ClF2N3O3S/c23-17-1-3-18(4-2-17)26-11-13-27(14-12-26)22(29)16-7-9-28(10-8-16)32(30,31)19-5-6-20(24)21(25)15-19/h1-6,15-16H,7-14H2. The van der Waals surface area contributed by atoms with E-state index >= 15 is 0 Å². The summed E-state index contributed by atoms with van der Waals surface area (Å²) in [5, 5.41) is 0.681. The van der Waals surface area contributed by atoms with E-state index in [4.69, 9.17) is 11.6 Å². The molecule has 0 saturated carbocycles. The molecule has 1 amide bonds. The van der Waals surface area contributed by atoms with E-state index in [2.05, 4.69) is 4.90 Å². The van der Waals surface area contributed by atoms with E-state index in [0.717, 1.165) is 30.9 Å². The number of sulfonamides is 1. The Bertz CT molecular complexity index is 1080. The van der Waals surface area contributed by atoms with Gasteiger partial charge in [-0.15, -0.1) is 0 Å². The summed E-state index contributed by atoms with van der Waals surface area (Å²) in [4.78, 5) is 16.8. The Hall–Kier alpha value is -2.23. The molecule has 4 rings (SSSR count). The molecule has 32 heavy (non-hydrogen) atoms. The van der Waals surface area contributed by atoms with Crippen molar-refractivity contribution < 1.29 is 22.0 Å². The maximum atomic E-state index is 13.5. The van der Waals surface area contributed by atoms with Crippen molar-refractivity contribution in [2.75, 3.05) is 44.2 Å². The van der Waals surface area contributed by atoms with E-state index in [0.29, 0.717) is 37.0 Å². The molecule has 2 aromatic rings. The molecule has 2 aliphatic rings. The Morgan fingerprint density at radius 1 is 0.875 bits per heavy atom. The van der Waals surface area contributed by atoms with Gasteiger partial charge in [0, 0.05) is 55.9 Å². The van der Waals surface area contributed by atoms with Crippen LogP contribution in [0, 0.1) is 17.6 Å². The number of hydrogen-bond acceptors (Lipinski definition) is 4. The lowest BCUT2D eigenvalue weighted by molar-refractivity contribution is -0.137. The average Bonchev–Trinajstić information content (AvgIpc) is 2.81. The molecule has 0 bridgehead atoms. The third kappa shape index (κ3) is 4.74. The first kappa shape index (κ1) is 22.9. The summed E-state index contributed by atoms with van der Waals surface area (Å²) in [7, 11) is -3.93. The second-order valence-electron chi connectivity index (χ2n) is 8.04. The molecule has 0 unspecified atom stereocenters. The Kier molecular flexibility index (Phi) is 6.69. The molecule has 0 aromatic heterocycles. The van der Waals surface area contributed by atoms with E-state index in [1.807, 2.05) is 29.2 Å². The van der Waals surface area contributed by atoms with Crippen LogP contribution in [-0.4, -0.2) is 62.8 Å². The Morgan fingerprint density at radius 3 is 2.09 bits per heavy atom.